The molecule has 4 heteroatoms. The normalized spacial score (nSPS) is 49.0. The summed E-state index contributed by atoms with van der Waals surface area (Å²) in [5.41, 5.74) is 1.10. The molecule has 138 valence electrons. The van der Waals surface area contributed by atoms with Crippen molar-refractivity contribution in [1.29, 1.82) is 0 Å². The Morgan fingerprint density at radius 2 is 2.04 bits per heavy atom. The second-order valence-electron chi connectivity index (χ2n) is 9.40. The fourth-order valence-corrected chi connectivity index (χ4v) is 7.50. The average molecular weight is 365 g/mol. The highest BCUT2D eigenvalue weighted by Gasteiger charge is 2.62. The summed E-state index contributed by atoms with van der Waals surface area (Å²) in [5.74, 6) is 1.67. The molecular weight excluding hydrogens is 336 g/mol. The van der Waals surface area contributed by atoms with Gasteiger partial charge >= 0.3 is 0 Å². The standard InChI is InChI=1S/C21H29ClO3/c1-20-8-7-13(23)9-12(20)3-4-14-15-5-6-16(18(25)11-22)21(15,2)10-17(24)19(14)20/h9,14-17,19,24H,3-8,10-11H2,1-2H3. The molecule has 0 aliphatic heterocycles. The first-order valence-electron chi connectivity index (χ1n) is 9.82. The van der Waals surface area contributed by atoms with E-state index in [2.05, 4.69) is 13.8 Å². The summed E-state index contributed by atoms with van der Waals surface area (Å²) in [4.78, 5) is 24.3. The van der Waals surface area contributed by atoms with Crippen LogP contribution < -0.4 is 0 Å². The molecule has 0 spiro atoms. The van der Waals surface area contributed by atoms with Gasteiger partial charge in [0, 0.05) is 12.3 Å². The minimum atomic E-state index is -0.392. The topological polar surface area (TPSA) is 54.4 Å². The van der Waals surface area contributed by atoms with Gasteiger partial charge in [0.15, 0.2) is 11.6 Å². The van der Waals surface area contributed by atoms with Gasteiger partial charge in [0.2, 0.25) is 0 Å². The van der Waals surface area contributed by atoms with Gasteiger partial charge in [-0.1, -0.05) is 19.4 Å². The molecule has 3 saturated carbocycles. The van der Waals surface area contributed by atoms with E-state index in [-0.39, 0.29) is 40.1 Å². The van der Waals surface area contributed by atoms with Gasteiger partial charge in [0.1, 0.15) is 0 Å². The summed E-state index contributed by atoms with van der Waals surface area (Å²) in [6.07, 6.45) is 7.64. The van der Waals surface area contributed by atoms with Crippen molar-refractivity contribution in [2.75, 3.05) is 5.88 Å². The molecule has 0 radical (unpaired) electrons. The van der Waals surface area contributed by atoms with E-state index in [0.717, 1.165) is 32.1 Å². The molecule has 0 saturated heterocycles. The van der Waals surface area contributed by atoms with Crippen LogP contribution in [0, 0.1) is 34.5 Å². The molecule has 0 bridgehead atoms. The van der Waals surface area contributed by atoms with Crippen LogP contribution in [-0.4, -0.2) is 28.7 Å². The number of allylic oxidation sites excluding steroid dienone is 1. The smallest absolute Gasteiger partial charge is 0.155 e. The Balaban J connectivity index is 1.70. The van der Waals surface area contributed by atoms with Gasteiger partial charge < -0.3 is 5.11 Å². The van der Waals surface area contributed by atoms with Crippen LogP contribution in [-0.2, 0) is 9.59 Å². The van der Waals surface area contributed by atoms with Crippen LogP contribution in [0.1, 0.15) is 58.8 Å². The Labute approximate surface area is 155 Å². The molecule has 0 aromatic heterocycles. The fraction of sp³-hybridized carbons (Fsp3) is 0.810. The highest BCUT2D eigenvalue weighted by molar-refractivity contribution is 6.28. The largest absolute Gasteiger partial charge is 0.393 e. The number of alkyl halides is 1. The van der Waals surface area contributed by atoms with E-state index >= 15 is 0 Å². The third-order valence-electron chi connectivity index (χ3n) is 8.41. The summed E-state index contributed by atoms with van der Waals surface area (Å²) in [5, 5.41) is 11.2. The van der Waals surface area contributed by atoms with Gasteiger partial charge in [-0.25, -0.2) is 0 Å². The number of halogens is 1. The van der Waals surface area contributed by atoms with Crippen LogP contribution in [0.4, 0.5) is 0 Å². The first-order valence-corrected chi connectivity index (χ1v) is 10.4. The molecule has 4 aliphatic rings. The number of carbonyl (C=O) groups excluding carboxylic acids is 2. The van der Waals surface area contributed by atoms with Crippen molar-refractivity contribution in [3.8, 4) is 0 Å². The van der Waals surface area contributed by atoms with Gasteiger partial charge in [-0.3, -0.25) is 9.59 Å². The lowest BCUT2D eigenvalue weighted by molar-refractivity contribution is -0.143. The zero-order chi connectivity index (χ0) is 18.0. The Morgan fingerprint density at radius 1 is 1.28 bits per heavy atom. The van der Waals surface area contributed by atoms with E-state index in [1.807, 2.05) is 6.08 Å². The maximum atomic E-state index is 12.4. The van der Waals surface area contributed by atoms with E-state index in [1.54, 1.807) is 0 Å². The Kier molecular flexibility index (Phi) is 4.20. The lowest BCUT2D eigenvalue weighted by atomic mass is 9.46. The highest BCUT2D eigenvalue weighted by atomic mass is 35.5. The predicted octanol–water partition coefficient (Wildman–Crippen LogP) is 3.91. The number of hydrogen-bond acceptors (Lipinski definition) is 3. The molecule has 1 N–H and O–H groups in total. The summed E-state index contributed by atoms with van der Waals surface area (Å²) in [6, 6.07) is 0. The molecule has 25 heavy (non-hydrogen) atoms. The number of hydrogen-bond donors (Lipinski definition) is 1. The Morgan fingerprint density at radius 3 is 2.76 bits per heavy atom. The van der Waals surface area contributed by atoms with Crippen LogP contribution in [0.3, 0.4) is 0 Å². The molecular formula is C21H29ClO3. The van der Waals surface area contributed by atoms with Crippen molar-refractivity contribution in [2.45, 2.75) is 64.9 Å². The quantitative estimate of drug-likeness (QED) is 0.756. The van der Waals surface area contributed by atoms with Crippen LogP contribution >= 0.6 is 11.6 Å². The van der Waals surface area contributed by atoms with Gasteiger partial charge in [0.25, 0.3) is 0 Å². The molecule has 7 atom stereocenters. The van der Waals surface area contributed by atoms with Crippen molar-refractivity contribution in [1.82, 2.24) is 0 Å². The average Bonchev–Trinajstić information content (AvgIpc) is 2.91. The Hall–Kier alpha value is -0.670. The van der Waals surface area contributed by atoms with E-state index in [9.17, 15) is 14.7 Å². The number of ketones is 2. The van der Waals surface area contributed by atoms with E-state index in [1.165, 1.54) is 5.57 Å². The summed E-state index contributed by atoms with van der Waals surface area (Å²) >= 11 is 5.87. The SMILES string of the molecule is CC12CCC(=O)C=C1CCC1C2C(O)CC2(C)C(C(=O)CCl)CCC12. The Bertz CT molecular complexity index is 641. The van der Waals surface area contributed by atoms with Crippen LogP contribution in [0.5, 0.6) is 0 Å². The lowest BCUT2D eigenvalue weighted by Gasteiger charge is -2.59. The van der Waals surface area contributed by atoms with Crippen molar-refractivity contribution >= 4 is 23.2 Å². The second-order valence-corrected chi connectivity index (χ2v) is 9.66. The van der Waals surface area contributed by atoms with Gasteiger partial charge in [-0.15, -0.1) is 11.6 Å². The maximum absolute atomic E-state index is 12.4. The number of rotatable bonds is 2. The van der Waals surface area contributed by atoms with Gasteiger partial charge in [-0.2, -0.15) is 0 Å². The summed E-state index contributed by atoms with van der Waals surface area (Å²) in [7, 11) is 0. The maximum Gasteiger partial charge on any atom is 0.155 e. The number of carbonyl (C=O) groups is 2. The molecule has 7 unspecified atom stereocenters. The zero-order valence-electron chi connectivity index (χ0n) is 15.3. The minimum Gasteiger partial charge on any atom is -0.393 e. The molecule has 0 aromatic carbocycles. The third-order valence-corrected chi connectivity index (χ3v) is 8.68. The van der Waals surface area contributed by atoms with Crippen LogP contribution in [0.25, 0.3) is 0 Å². The first kappa shape index (κ1) is 17.7. The second kappa shape index (κ2) is 5.92. The van der Waals surface area contributed by atoms with Crippen LogP contribution in [0.2, 0.25) is 0 Å². The van der Waals surface area contributed by atoms with Gasteiger partial charge in [0.05, 0.1) is 12.0 Å². The molecule has 4 aliphatic carbocycles. The van der Waals surface area contributed by atoms with Crippen molar-refractivity contribution in [3.05, 3.63) is 11.6 Å². The summed E-state index contributed by atoms with van der Waals surface area (Å²) < 4.78 is 0. The number of Topliss-reactive ketones (excluding diaryl/α,β-unsaturated/α-hetero) is 1. The van der Waals surface area contributed by atoms with E-state index in [4.69, 9.17) is 11.6 Å². The van der Waals surface area contributed by atoms with Crippen molar-refractivity contribution in [2.24, 2.45) is 34.5 Å². The number of aliphatic hydroxyl groups excluding tert-OH is 1. The minimum absolute atomic E-state index is 0.00304. The van der Waals surface area contributed by atoms with E-state index in [0.29, 0.717) is 24.7 Å². The monoisotopic (exact) mass is 364 g/mol. The molecule has 3 nitrogen and oxygen atoms in total. The van der Waals surface area contributed by atoms with Crippen molar-refractivity contribution < 1.29 is 14.7 Å². The third kappa shape index (κ3) is 2.41. The fourth-order valence-electron chi connectivity index (χ4n) is 7.31. The lowest BCUT2D eigenvalue weighted by Crippen LogP contribution is -2.57. The van der Waals surface area contributed by atoms with Crippen LogP contribution in [0.15, 0.2) is 11.6 Å². The van der Waals surface area contributed by atoms with Gasteiger partial charge in [-0.05, 0) is 73.2 Å². The number of aliphatic hydroxyl groups is 1. The molecule has 0 amide bonds. The first-order chi connectivity index (χ1) is 11.8. The molecule has 3 fully saturated rings. The number of fused-ring (bicyclic) bond motifs is 5. The van der Waals surface area contributed by atoms with E-state index < -0.39 is 6.10 Å². The summed E-state index contributed by atoms with van der Waals surface area (Å²) in [6.45, 7) is 4.49. The molecule has 0 heterocycles. The molecule has 0 aromatic rings. The molecule has 4 rings (SSSR count). The predicted molar refractivity (Wildman–Crippen MR) is 97.3 cm³/mol. The van der Waals surface area contributed by atoms with Crippen molar-refractivity contribution in [3.63, 3.8) is 0 Å². The highest BCUT2D eigenvalue weighted by Crippen LogP contribution is 2.66. The zero-order valence-corrected chi connectivity index (χ0v) is 16.0.